The molecule has 0 unspecified atom stereocenters. The van der Waals surface area contributed by atoms with Crippen molar-refractivity contribution in [3.05, 3.63) is 27.4 Å². The average molecular weight is 217 g/mol. The molecule has 0 N–H and O–H groups in total. The van der Waals surface area contributed by atoms with E-state index in [-0.39, 0.29) is 10.7 Å². The molecule has 0 atom stereocenters. The van der Waals surface area contributed by atoms with Gasteiger partial charge in [0, 0.05) is 26.3 Å². The first-order valence-corrected chi connectivity index (χ1v) is 4.76. The fraction of sp³-hybridized carbons (Fsp3) is 0.556. The van der Waals surface area contributed by atoms with E-state index in [1.54, 1.807) is 18.6 Å². The predicted octanol–water partition coefficient (Wildman–Crippen LogP) is 1.24. The zero-order valence-corrected chi connectivity index (χ0v) is 9.04. The van der Waals surface area contributed by atoms with Crippen LogP contribution in [-0.2, 0) is 11.3 Å². The number of methoxy groups -OCH3 is 1. The number of aryl methyl sites for hydroxylation is 1. The quantitative estimate of drug-likeness (QED) is 0.562. The summed E-state index contributed by atoms with van der Waals surface area (Å²) in [4.78, 5) is 15.5. The lowest BCUT2D eigenvalue weighted by molar-refractivity contribution is 0.189. The molecule has 0 fully saturated rings. The van der Waals surface area contributed by atoms with Gasteiger partial charge in [-0.25, -0.2) is 4.98 Å². The molecule has 0 saturated carbocycles. The summed E-state index contributed by atoms with van der Waals surface area (Å²) < 4.78 is 6.49. The lowest BCUT2D eigenvalue weighted by atomic mass is 10.4. The number of aromatic nitrogens is 2. The van der Waals surface area contributed by atoms with E-state index >= 15 is 0 Å². The molecule has 1 heterocycles. The third kappa shape index (κ3) is 2.82. The lowest BCUT2D eigenvalue weighted by Crippen LogP contribution is -2.23. The Morgan fingerprint density at radius 1 is 1.64 bits per heavy atom. The largest absolute Gasteiger partial charge is 0.385 e. The van der Waals surface area contributed by atoms with Crippen molar-refractivity contribution < 1.29 is 4.74 Å². The van der Waals surface area contributed by atoms with Crippen LogP contribution in [0.15, 0.2) is 10.9 Å². The molecule has 1 aromatic heterocycles. The molecule has 0 aliphatic rings. The van der Waals surface area contributed by atoms with Gasteiger partial charge in [-0.15, -0.1) is 0 Å². The van der Waals surface area contributed by atoms with Gasteiger partial charge in [0.25, 0.3) is 5.56 Å². The highest BCUT2D eigenvalue weighted by atomic mass is 35.5. The zero-order valence-electron chi connectivity index (χ0n) is 8.29. The van der Waals surface area contributed by atoms with Crippen LogP contribution in [0.5, 0.6) is 0 Å². The summed E-state index contributed by atoms with van der Waals surface area (Å²) in [6.45, 7) is 3.01. The number of halogens is 1. The number of hydrogen-bond acceptors (Lipinski definition) is 3. The molecular formula is C9H13ClN2O2. The van der Waals surface area contributed by atoms with Gasteiger partial charge in [0.15, 0.2) is 0 Å². The van der Waals surface area contributed by atoms with Gasteiger partial charge in [-0.05, 0) is 13.3 Å². The minimum Gasteiger partial charge on any atom is -0.385 e. The van der Waals surface area contributed by atoms with Crippen molar-refractivity contribution in [2.75, 3.05) is 13.7 Å². The van der Waals surface area contributed by atoms with Crippen LogP contribution in [0.25, 0.3) is 0 Å². The van der Waals surface area contributed by atoms with Gasteiger partial charge < -0.3 is 4.74 Å². The zero-order chi connectivity index (χ0) is 10.6. The normalized spacial score (nSPS) is 10.5. The minimum absolute atomic E-state index is 0.112. The summed E-state index contributed by atoms with van der Waals surface area (Å²) in [7, 11) is 1.63. The Kier molecular flexibility index (Phi) is 4.10. The third-order valence-electron chi connectivity index (χ3n) is 1.90. The van der Waals surface area contributed by atoms with Gasteiger partial charge in [0.2, 0.25) is 0 Å². The molecule has 1 rings (SSSR count). The molecule has 5 heteroatoms. The van der Waals surface area contributed by atoms with E-state index in [4.69, 9.17) is 16.3 Å². The van der Waals surface area contributed by atoms with Crippen LogP contribution in [0.2, 0.25) is 5.15 Å². The van der Waals surface area contributed by atoms with Crippen molar-refractivity contribution in [1.29, 1.82) is 0 Å². The molecule has 0 saturated heterocycles. The van der Waals surface area contributed by atoms with Gasteiger partial charge in [0.1, 0.15) is 11.0 Å². The highest BCUT2D eigenvalue weighted by Gasteiger charge is 2.02. The number of nitrogens with zero attached hydrogens (tertiary/aromatic N) is 2. The molecule has 0 radical (unpaired) electrons. The second-order valence-corrected chi connectivity index (χ2v) is 3.35. The van der Waals surface area contributed by atoms with E-state index in [0.717, 1.165) is 6.42 Å². The van der Waals surface area contributed by atoms with Gasteiger partial charge in [-0.1, -0.05) is 11.6 Å². The van der Waals surface area contributed by atoms with E-state index in [1.165, 1.54) is 6.07 Å². The Labute approximate surface area is 87.5 Å². The molecule has 0 aromatic carbocycles. The van der Waals surface area contributed by atoms with Crippen LogP contribution < -0.4 is 5.56 Å². The van der Waals surface area contributed by atoms with Crippen LogP contribution >= 0.6 is 11.6 Å². The van der Waals surface area contributed by atoms with E-state index in [2.05, 4.69) is 4.98 Å². The maximum Gasteiger partial charge on any atom is 0.254 e. The standard InChI is InChI=1S/C9H13ClN2O2/c1-7-11-8(10)6-9(13)12(7)4-3-5-14-2/h6H,3-5H2,1-2H3. The highest BCUT2D eigenvalue weighted by molar-refractivity contribution is 6.29. The van der Waals surface area contributed by atoms with Crippen LogP contribution in [0.1, 0.15) is 12.2 Å². The Hall–Kier alpha value is -0.870. The fourth-order valence-electron chi connectivity index (χ4n) is 1.23. The first kappa shape index (κ1) is 11.2. The maximum atomic E-state index is 11.5. The Bertz CT molecular complexity index is 362. The molecule has 4 nitrogen and oxygen atoms in total. The number of ether oxygens (including phenoxy) is 1. The van der Waals surface area contributed by atoms with Crippen molar-refractivity contribution in [3.8, 4) is 0 Å². The first-order chi connectivity index (χ1) is 6.65. The maximum absolute atomic E-state index is 11.5. The first-order valence-electron chi connectivity index (χ1n) is 4.38. The van der Waals surface area contributed by atoms with E-state index in [9.17, 15) is 4.79 Å². The van der Waals surface area contributed by atoms with Crippen LogP contribution in [-0.4, -0.2) is 23.3 Å². The molecule has 78 valence electrons. The van der Waals surface area contributed by atoms with E-state index < -0.39 is 0 Å². The summed E-state index contributed by atoms with van der Waals surface area (Å²) in [5.74, 6) is 0.638. The third-order valence-corrected chi connectivity index (χ3v) is 2.09. The SMILES string of the molecule is COCCCn1c(C)nc(Cl)cc1=O. The molecule has 1 aromatic rings. The number of rotatable bonds is 4. The van der Waals surface area contributed by atoms with Crippen LogP contribution in [0.4, 0.5) is 0 Å². The molecule has 0 aliphatic heterocycles. The minimum atomic E-state index is -0.112. The monoisotopic (exact) mass is 216 g/mol. The Morgan fingerprint density at radius 2 is 2.36 bits per heavy atom. The van der Waals surface area contributed by atoms with Gasteiger partial charge >= 0.3 is 0 Å². The van der Waals surface area contributed by atoms with E-state index in [0.29, 0.717) is 19.0 Å². The number of hydrogen-bond donors (Lipinski definition) is 0. The summed E-state index contributed by atoms with van der Waals surface area (Å²) in [6, 6.07) is 1.32. The summed E-state index contributed by atoms with van der Waals surface area (Å²) in [6.07, 6.45) is 0.792. The van der Waals surface area contributed by atoms with Gasteiger partial charge in [-0.2, -0.15) is 0 Å². The van der Waals surface area contributed by atoms with Crippen LogP contribution in [0, 0.1) is 6.92 Å². The predicted molar refractivity (Wildman–Crippen MR) is 54.7 cm³/mol. The average Bonchev–Trinajstić information content (AvgIpc) is 2.09. The Balaban J connectivity index is 2.81. The molecular weight excluding hydrogens is 204 g/mol. The topological polar surface area (TPSA) is 44.1 Å². The van der Waals surface area contributed by atoms with Gasteiger partial charge in [0.05, 0.1) is 0 Å². The summed E-state index contributed by atoms with van der Waals surface area (Å²) in [5.41, 5.74) is -0.112. The van der Waals surface area contributed by atoms with Crippen molar-refractivity contribution in [3.63, 3.8) is 0 Å². The van der Waals surface area contributed by atoms with Gasteiger partial charge in [-0.3, -0.25) is 9.36 Å². The summed E-state index contributed by atoms with van der Waals surface area (Å²) >= 11 is 5.63. The van der Waals surface area contributed by atoms with Crippen molar-refractivity contribution in [1.82, 2.24) is 9.55 Å². The second-order valence-electron chi connectivity index (χ2n) is 2.96. The Morgan fingerprint density at radius 3 is 2.93 bits per heavy atom. The molecule has 0 spiro atoms. The second kappa shape index (κ2) is 5.12. The van der Waals surface area contributed by atoms with Crippen molar-refractivity contribution in [2.24, 2.45) is 0 Å². The van der Waals surface area contributed by atoms with Crippen LogP contribution in [0.3, 0.4) is 0 Å². The van der Waals surface area contributed by atoms with Crippen molar-refractivity contribution >= 4 is 11.6 Å². The smallest absolute Gasteiger partial charge is 0.254 e. The van der Waals surface area contributed by atoms with E-state index in [1.807, 2.05) is 0 Å². The molecule has 0 amide bonds. The fourth-order valence-corrected chi connectivity index (χ4v) is 1.44. The molecule has 0 aliphatic carbocycles. The lowest BCUT2D eigenvalue weighted by Gasteiger charge is -2.08. The molecule has 0 bridgehead atoms. The van der Waals surface area contributed by atoms with Crippen molar-refractivity contribution in [2.45, 2.75) is 19.9 Å². The molecule has 14 heavy (non-hydrogen) atoms. The summed E-state index contributed by atoms with van der Waals surface area (Å²) in [5, 5.41) is 0.246. The highest BCUT2D eigenvalue weighted by Crippen LogP contribution is 2.01.